The van der Waals surface area contributed by atoms with Crippen molar-refractivity contribution in [1.82, 2.24) is 0 Å². The Hall–Kier alpha value is -0.710. The molecular weight excluding hydrogens is 154 g/mol. The Morgan fingerprint density at radius 2 is 2.36 bits per heavy atom. The molecule has 1 rings (SSSR count). The van der Waals surface area contributed by atoms with Gasteiger partial charge in [-0.25, -0.2) is 8.78 Å². The van der Waals surface area contributed by atoms with E-state index in [-0.39, 0.29) is 19.0 Å². The summed E-state index contributed by atoms with van der Waals surface area (Å²) >= 11 is 0. The second kappa shape index (κ2) is 2.73. The van der Waals surface area contributed by atoms with E-state index in [9.17, 15) is 8.78 Å². The quantitative estimate of drug-likeness (QED) is 0.609. The SMILES string of the molecule is C[C@]1(C(F)F)COCC(N)=N1. The van der Waals surface area contributed by atoms with Crippen LogP contribution >= 0.6 is 0 Å². The van der Waals surface area contributed by atoms with Gasteiger partial charge in [-0.1, -0.05) is 0 Å². The van der Waals surface area contributed by atoms with Crippen molar-refractivity contribution in [1.29, 1.82) is 0 Å². The molecule has 3 nitrogen and oxygen atoms in total. The largest absolute Gasteiger partial charge is 0.386 e. The molecule has 0 fully saturated rings. The summed E-state index contributed by atoms with van der Waals surface area (Å²) in [6.45, 7) is 1.41. The Morgan fingerprint density at radius 3 is 2.73 bits per heavy atom. The van der Waals surface area contributed by atoms with Gasteiger partial charge in [-0.3, -0.25) is 4.99 Å². The van der Waals surface area contributed by atoms with Crippen LogP contribution in [0.4, 0.5) is 8.78 Å². The smallest absolute Gasteiger partial charge is 0.265 e. The summed E-state index contributed by atoms with van der Waals surface area (Å²) < 4.78 is 29.3. The number of nitrogens with zero attached hydrogens (tertiary/aromatic N) is 1. The number of alkyl halides is 2. The van der Waals surface area contributed by atoms with Crippen LogP contribution in [0.25, 0.3) is 0 Å². The minimum absolute atomic E-state index is 0.0641. The number of nitrogens with two attached hydrogens (primary N) is 1. The fourth-order valence-electron chi connectivity index (χ4n) is 0.867. The van der Waals surface area contributed by atoms with Crippen LogP contribution in [0.2, 0.25) is 0 Å². The molecule has 11 heavy (non-hydrogen) atoms. The second-order valence-corrected chi connectivity index (χ2v) is 2.75. The third kappa shape index (κ3) is 1.65. The molecule has 0 bridgehead atoms. The average Bonchev–Trinajstić information content (AvgIpc) is 1.86. The van der Waals surface area contributed by atoms with Crippen LogP contribution in [0.5, 0.6) is 0 Å². The highest BCUT2D eigenvalue weighted by molar-refractivity contribution is 5.82. The third-order valence-corrected chi connectivity index (χ3v) is 1.51. The van der Waals surface area contributed by atoms with Crippen molar-refractivity contribution in [3.63, 3.8) is 0 Å². The standard InChI is InChI=1S/C6H10F2N2O/c1-6(5(7)8)3-11-2-4(9)10-6/h5H,2-3H2,1H3,(H2,9,10)/t6-/m1/s1. The molecule has 2 N–H and O–H groups in total. The van der Waals surface area contributed by atoms with E-state index in [1.165, 1.54) is 6.92 Å². The Labute approximate surface area is 63.2 Å². The molecule has 0 aromatic carbocycles. The molecule has 0 aromatic heterocycles. The van der Waals surface area contributed by atoms with Crippen LogP contribution in [-0.4, -0.2) is 31.0 Å². The molecule has 1 aliphatic rings. The van der Waals surface area contributed by atoms with Crippen molar-refractivity contribution in [3.05, 3.63) is 0 Å². The van der Waals surface area contributed by atoms with E-state index < -0.39 is 12.0 Å². The number of amidine groups is 1. The highest BCUT2D eigenvalue weighted by atomic mass is 19.3. The topological polar surface area (TPSA) is 47.6 Å². The third-order valence-electron chi connectivity index (χ3n) is 1.51. The van der Waals surface area contributed by atoms with Crippen LogP contribution in [-0.2, 0) is 4.74 Å². The van der Waals surface area contributed by atoms with Crippen LogP contribution in [0.1, 0.15) is 6.92 Å². The lowest BCUT2D eigenvalue weighted by Gasteiger charge is -2.28. The molecule has 0 aliphatic carbocycles. The summed E-state index contributed by atoms with van der Waals surface area (Å²) in [6, 6.07) is 0. The Balaban J connectivity index is 2.78. The molecule has 0 saturated heterocycles. The fraction of sp³-hybridized carbons (Fsp3) is 0.833. The van der Waals surface area contributed by atoms with Gasteiger partial charge >= 0.3 is 0 Å². The minimum Gasteiger partial charge on any atom is -0.386 e. The van der Waals surface area contributed by atoms with Gasteiger partial charge in [0, 0.05) is 0 Å². The van der Waals surface area contributed by atoms with Gasteiger partial charge < -0.3 is 10.5 Å². The summed E-state index contributed by atoms with van der Waals surface area (Å²) in [6.07, 6.45) is -2.53. The summed E-state index contributed by atoms with van der Waals surface area (Å²) in [7, 11) is 0. The van der Waals surface area contributed by atoms with Gasteiger partial charge in [-0.15, -0.1) is 0 Å². The molecule has 1 atom stereocenters. The lowest BCUT2D eigenvalue weighted by atomic mass is 10.1. The molecule has 5 heteroatoms. The van der Waals surface area contributed by atoms with E-state index in [1.807, 2.05) is 0 Å². The zero-order valence-electron chi connectivity index (χ0n) is 6.18. The van der Waals surface area contributed by atoms with Crippen LogP contribution in [0, 0.1) is 0 Å². The van der Waals surface area contributed by atoms with E-state index in [0.717, 1.165) is 0 Å². The average molecular weight is 164 g/mol. The van der Waals surface area contributed by atoms with Gasteiger partial charge in [0.2, 0.25) is 0 Å². The molecule has 0 amide bonds. The number of halogens is 2. The molecular formula is C6H10F2N2O. The lowest BCUT2D eigenvalue weighted by Crippen LogP contribution is -2.44. The van der Waals surface area contributed by atoms with Crippen LogP contribution in [0.3, 0.4) is 0 Å². The first kappa shape index (κ1) is 8.39. The van der Waals surface area contributed by atoms with Crippen LogP contribution < -0.4 is 5.73 Å². The normalized spacial score (nSPS) is 32.2. The first-order chi connectivity index (χ1) is 5.04. The number of ether oxygens (including phenoxy) is 1. The molecule has 1 aliphatic heterocycles. The van der Waals surface area contributed by atoms with Crippen molar-refractivity contribution >= 4 is 5.84 Å². The molecule has 0 saturated carbocycles. The van der Waals surface area contributed by atoms with Gasteiger partial charge in [-0.2, -0.15) is 0 Å². The van der Waals surface area contributed by atoms with Crippen molar-refractivity contribution < 1.29 is 13.5 Å². The zero-order chi connectivity index (χ0) is 8.48. The van der Waals surface area contributed by atoms with Crippen molar-refractivity contribution in [2.75, 3.05) is 13.2 Å². The van der Waals surface area contributed by atoms with Crippen LogP contribution in [0.15, 0.2) is 4.99 Å². The maximum atomic E-state index is 12.2. The zero-order valence-corrected chi connectivity index (χ0v) is 6.18. The first-order valence-corrected chi connectivity index (χ1v) is 3.25. The summed E-state index contributed by atoms with van der Waals surface area (Å²) in [5, 5.41) is 0. The number of rotatable bonds is 1. The van der Waals surface area contributed by atoms with Gasteiger partial charge in [0.25, 0.3) is 6.43 Å². The lowest BCUT2D eigenvalue weighted by molar-refractivity contribution is -0.000599. The van der Waals surface area contributed by atoms with E-state index in [1.54, 1.807) is 0 Å². The van der Waals surface area contributed by atoms with Crippen molar-refractivity contribution in [2.45, 2.75) is 18.9 Å². The molecule has 0 unspecified atom stereocenters. The van der Waals surface area contributed by atoms with Crippen molar-refractivity contribution in [3.8, 4) is 0 Å². The Bertz CT molecular complexity index is 183. The first-order valence-electron chi connectivity index (χ1n) is 3.25. The molecule has 1 heterocycles. The van der Waals surface area contributed by atoms with Gasteiger partial charge in [-0.05, 0) is 6.92 Å². The Morgan fingerprint density at radius 1 is 1.73 bits per heavy atom. The second-order valence-electron chi connectivity index (χ2n) is 2.75. The summed E-state index contributed by atoms with van der Waals surface area (Å²) in [4.78, 5) is 3.63. The maximum absolute atomic E-state index is 12.2. The van der Waals surface area contributed by atoms with E-state index >= 15 is 0 Å². The molecule has 0 spiro atoms. The van der Waals surface area contributed by atoms with E-state index in [4.69, 9.17) is 10.5 Å². The molecule has 0 aromatic rings. The van der Waals surface area contributed by atoms with Gasteiger partial charge in [0.1, 0.15) is 18.0 Å². The minimum atomic E-state index is -2.53. The predicted octanol–water partition coefficient (Wildman–Crippen LogP) is 0.398. The summed E-state index contributed by atoms with van der Waals surface area (Å²) in [5.41, 5.74) is 3.80. The number of aliphatic imine (C=N–C) groups is 1. The summed E-state index contributed by atoms with van der Waals surface area (Å²) in [5.74, 6) is 0.138. The van der Waals surface area contributed by atoms with Gasteiger partial charge in [0.15, 0.2) is 0 Å². The van der Waals surface area contributed by atoms with E-state index in [0.29, 0.717) is 0 Å². The fourth-order valence-corrected chi connectivity index (χ4v) is 0.867. The highest BCUT2D eigenvalue weighted by Crippen LogP contribution is 2.22. The van der Waals surface area contributed by atoms with Crippen molar-refractivity contribution in [2.24, 2.45) is 10.7 Å². The van der Waals surface area contributed by atoms with Gasteiger partial charge in [0.05, 0.1) is 6.61 Å². The predicted molar refractivity (Wildman–Crippen MR) is 36.9 cm³/mol. The highest BCUT2D eigenvalue weighted by Gasteiger charge is 2.37. The molecule has 0 radical (unpaired) electrons. The number of hydrogen-bond acceptors (Lipinski definition) is 3. The maximum Gasteiger partial charge on any atom is 0.265 e. The van der Waals surface area contributed by atoms with E-state index in [2.05, 4.69) is 4.99 Å². The Kier molecular flexibility index (Phi) is 2.08. The molecule has 64 valence electrons. The number of hydrogen-bond donors (Lipinski definition) is 1. The monoisotopic (exact) mass is 164 g/mol.